The Balaban J connectivity index is 1.38. The Morgan fingerprint density at radius 3 is 2.74 bits per heavy atom. The van der Waals surface area contributed by atoms with E-state index in [1.54, 1.807) is 22.1 Å². The first-order valence-electron chi connectivity index (χ1n) is 10.5. The summed E-state index contributed by atoms with van der Waals surface area (Å²) in [5.41, 5.74) is 1.81. The normalized spacial score (nSPS) is 21.3. The molecular weight excluding hydrogens is 460 g/mol. The van der Waals surface area contributed by atoms with E-state index in [0.29, 0.717) is 25.5 Å². The molecule has 1 aromatic heterocycles. The number of piperidine rings is 1. The Kier molecular flexibility index (Phi) is 6.36. The van der Waals surface area contributed by atoms with Crippen molar-refractivity contribution in [2.24, 2.45) is 11.8 Å². The molecule has 4 rings (SSSR count). The van der Waals surface area contributed by atoms with Crippen LogP contribution in [0.15, 0.2) is 47.1 Å². The van der Waals surface area contributed by atoms with E-state index < -0.39 is 0 Å². The summed E-state index contributed by atoms with van der Waals surface area (Å²) in [7, 11) is 0. The van der Waals surface area contributed by atoms with Gasteiger partial charge >= 0.3 is 0 Å². The second-order valence-corrected chi connectivity index (χ2v) is 9.13. The maximum atomic E-state index is 13.1. The van der Waals surface area contributed by atoms with Crippen LogP contribution in [0.1, 0.15) is 24.8 Å². The molecule has 3 heterocycles. The number of amides is 3. The minimum absolute atomic E-state index is 0.0446. The number of aryl methyl sites for hydroxylation is 1. The smallest absolute Gasteiger partial charge is 0.230 e. The molecule has 1 aromatic carbocycles. The number of rotatable bonds is 4. The van der Waals surface area contributed by atoms with Crippen molar-refractivity contribution < 1.29 is 14.4 Å². The number of carbonyl (C=O) groups excluding carboxylic acids is 3. The second kappa shape index (κ2) is 9.18. The molecule has 162 valence electrons. The lowest BCUT2D eigenvalue weighted by molar-refractivity contribution is -0.138. The highest BCUT2D eigenvalue weighted by molar-refractivity contribution is 9.10. The summed E-state index contributed by atoms with van der Waals surface area (Å²) in [6, 6.07) is 11.2. The van der Waals surface area contributed by atoms with E-state index in [4.69, 9.17) is 0 Å². The highest BCUT2D eigenvalue weighted by Gasteiger charge is 2.39. The fourth-order valence-electron chi connectivity index (χ4n) is 4.19. The highest BCUT2D eigenvalue weighted by atomic mass is 79.9. The van der Waals surface area contributed by atoms with Gasteiger partial charge in [-0.25, -0.2) is 4.98 Å². The van der Waals surface area contributed by atoms with Crippen LogP contribution in [0.4, 0.5) is 11.5 Å². The Morgan fingerprint density at radius 2 is 2.00 bits per heavy atom. The van der Waals surface area contributed by atoms with Gasteiger partial charge in [-0.1, -0.05) is 28.1 Å². The average molecular weight is 485 g/mol. The van der Waals surface area contributed by atoms with Crippen molar-refractivity contribution in [3.05, 3.63) is 52.6 Å². The summed E-state index contributed by atoms with van der Waals surface area (Å²) in [5, 5.41) is 2.85. The zero-order chi connectivity index (χ0) is 22.0. The van der Waals surface area contributed by atoms with E-state index in [9.17, 15) is 14.4 Å². The molecule has 8 heteroatoms. The second-order valence-electron chi connectivity index (χ2n) is 8.22. The molecule has 0 aliphatic carbocycles. The van der Waals surface area contributed by atoms with E-state index in [1.807, 2.05) is 37.3 Å². The lowest BCUT2D eigenvalue weighted by atomic mass is 9.95. The van der Waals surface area contributed by atoms with Gasteiger partial charge in [0.15, 0.2) is 0 Å². The maximum absolute atomic E-state index is 13.1. The van der Waals surface area contributed by atoms with E-state index in [1.165, 1.54) is 0 Å². The highest BCUT2D eigenvalue weighted by Crippen LogP contribution is 2.29. The third kappa shape index (κ3) is 4.95. The molecule has 0 saturated carbocycles. The van der Waals surface area contributed by atoms with E-state index in [-0.39, 0.29) is 36.0 Å². The molecule has 2 aliphatic heterocycles. The number of aromatic nitrogens is 1. The van der Waals surface area contributed by atoms with Crippen molar-refractivity contribution in [3.63, 3.8) is 0 Å². The van der Waals surface area contributed by atoms with Crippen LogP contribution in [-0.4, -0.2) is 47.2 Å². The van der Waals surface area contributed by atoms with E-state index in [2.05, 4.69) is 26.2 Å². The zero-order valence-electron chi connectivity index (χ0n) is 17.4. The molecule has 2 unspecified atom stereocenters. The molecular formula is C23H25BrN4O3. The number of anilines is 2. The maximum Gasteiger partial charge on any atom is 0.230 e. The predicted molar refractivity (Wildman–Crippen MR) is 122 cm³/mol. The van der Waals surface area contributed by atoms with Crippen LogP contribution in [0.2, 0.25) is 0 Å². The van der Waals surface area contributed by atoms with Crippen LogP contribution in [-0.2, 0) is 14.4 Å². The molecule has 7 nitrogen and oxygen atoms in total. The van der Waals surface area contributed by atoms with Crippen LogP contribution < -0.4 is 10.2 Å². The lowest BCUT2D eigenvalue weighted by Crippen LogP contribution is -2.46. The first kappa shape index (κ1) is 21.5. The lowest BCUT2D eigenvalue weighted by Gasteiger charge is -2.33. The topological polar surface area (TPSA) is 82.6 Å². The molecule has 2 aromatic rings. The molecule has 1 N–H and O–H groups in total. The number of likely N-dealkylation sites (tertiary alicyclic amines) is 1. The minimum atomic E-state index is -0.382. The minimum Gasteiger partial charge on any atom is -0.342 e. The van der Waals surface area contributed by atoms with Gasteiger partial charge in [0.25, 0.3) is 0 Å². The molecule has 0 bridgehead atoms. The van der Waals surface area contributed by atoms with Crippen molar-refractivity contribution in [1.82, 2.24) is 9.88 Å². The Bertz CT molecular complexity index is 995. The Hall–Kier alpha value is -2.74. The van der Waals surface area contributed by atoms with Crippen LogP contribution in [0.5, 0.6) is 0 Å². The monoisotopic (exact) mass is 484 g/mol. The van der Waals surface area contributed by atoms with Gasteiger partial charge in [0.05, 0.1) is 11.8 Å². The molecule has 0 radical (unpaired) electrons. The van der Waals surface area contributed by atoms with Gasteiger partial charge in [-0.05, 0) is 49.6 Å². The largest absolute Gasteiger partial charge is 0.342 e. The van der Waals surface area contributed by atoms with Gasteiger partial charge in [-0.3, -0.25) is 14.4 Å². The molecule has 2 saturated heterocycles. The van der Waals surface area contributed by atoms with Gasteiger partial charge in [-0.15, -0.1) is 0 Å². The van der Waals surface area contributed by atoms with Crippen LogP contribution in [0.3, 0.4) is 0 Å². The number of nitrogens with zero attached hydrogens (tertiary/aromatic N) is 3. The summed E-state index contributed by atoms with van der Waals surface area (Å²) in [6.45, 7) is 3.30. The van der Waals surface area contributed by atoms with E-state index in [0.717, 1.165) is 28.6 Å². The third-order valence-corrected chi connectivity index (χ3v) is 6.35. The molecule has 2 atom stereocenters. The standard InChI is InChI=1S/C23H25BrN4O3/c1-15-7-8-20(25-12-15)26-22(30)16-4-3-9-27(13-16)23(31)17-10-21(29)28(14-17)19-6-2-5-18(24)11-19/h2,5-8,11-12,16-17H,3-4,9-10,13-14H2,1H3,(H,25,26,30). The first-order chi connectivity index (χ1) is 14.9. The fourth-order valence-corrected chi connectivity index (χ4v) is 4.57. The summed E-state index contributed by atoms with van der Waals surface area (Å²) >= 11 is 3.43. The zero-order valence-corrected chi connectivity index (χ0v) is 19.0. The van der Waals surface area contributed by atoms with E-state index >= 15 is 0 Å². The molecule has 3 amide bonds. The number of hydrogen-bond acceptors (Lipinski definition) is 4. The average Bonchev–Trinajstić information content (AvgIpc) is 3.16. The van der Waals surface area contributed by atoms with Crippen molar-refractivity contribution >= 4 is 45.2 Å². The summed E-state index contributed by atoms with van der Waals surface area (Å²) < 4.78 is 0.889. The van der Waals surface area contributed by atoms with Crippen molar-refractivity contribution in [2.75, 3.05) is 29.9 Å². The van der Waals surface area contributed by atoms with Gasteiger partial charge in [0, 0.05) is 42.4 Å². The van der Waals surface area contributed by atoms with Gasteiger partial charge in [0.1, 0.15) is 5.82 Å². The number of benzene rings is 1. The van der Waals surface area contributed by atoms with Gasteiger partial charge in [0.2, 0.25) is 17.7 Å². The molecule has 2 fully saturated rings. The molecule has 0 spiro atoms. The van der Waals surface area contributed by atoms with Crippen LogP contribution >= 0.6 is 15.9 Å². The van der Waals surface area contributed by atoms with Gasteiger partial charge in [-0.2, -0.15) is 0 Å². The van der Waals surface area contributed by atoms with Crippen molar-refractivity contribution in [3.8, 4) is 0 Å². The quantitative estimate of drug-likeness (QED) is 0.720. The SMILES string of the molecule is Cc1ccc(NC(=O)C2CCCN(C(=O)C3CC(=O)N(c4cccc(Br)c4)C3)C2)nc1. The Labute approximate surface area is 189 Å². The summed E-state index contributed by atoms with van der Waals surface area (Å²) in [6.07, 6.45) is 3.41. The number of halogens is 1. The fraction of sp³-hybridized carbons (Fsp3) is 0.391. The van der Waals surface area contributed by atoms with Crippen LogP contribution in [0.25, 0.3) is 0 Å². The predicted octanol–water partition coefficient (Wildman–Crippen LogP) is 3.38. The first-order valence-corrected chi connectivity index (χ1v) is 11.3. The van der Waals surface area contributed by atoms with Crippen molar-refractivity contribution in [2.45, 2.75) is 26.2 Å². The number of nitrogens with one attached hydrogen (secondary N) is 1. The summed E-state index contributed by atoms with van der Waals surface area (Å²) in [4.78, 5) is 46.0. The van der Waals surface area contributed by atoms with Crippen molar-refractivity contribution in [1.29, 1.82) is 0 Å². The Morgan fingerprint density at radius 1 is 1.16 bits per heavy atom. The molecule has 31 heavy (non-hydrogen) atoms. The van der Waals surface area contributed by atoms with Gasteiger partial charge < -0.3 is 15.1 Å². The summed E-state index contributed by atoms with van der Waals surface area (Å²) in [5.74, 6) is -0.353. The number of pyridine rings is 1. The molecule has 2 aliphatic rings. The number of hydrogen-bond donors (Lipinski definition) is 1. The van der Waals surface area contributed by atoms with Crippen LogP contribution in [0, 0.1) is 18.8 Å². The third-order valence-electron chi connectivity index (χ3n) is 5.86. The number of carbonyl (C=O) groups is 3.